The second-order valence-corrected chi connectivity index (χ2v) is 4.47. The molecule has 1 aromatic heterocycles. The molecule has 0 bridgehead atoms. The average molecular weight is 294 g/mol. The zero-order chi connectivity index (χ0) is 15.5. The van der Waals surface area contributed by atoms with Gasteiger partial charge in [-0.3, -0.25) is 0 Å². The van der Waals surface area contributed by atoms with E-state index >= 15 is 0 Å². The summed E-state index contributed by atoms with van der Waals surface area (Å²) in [5, 5.41) is 16.2. The lowest BCUT2D eigenvalue weighted by Gasteiger charge is -1.97. The van der Waals surface area contributed by atoms with Gasteiger partial charge in [-0.25, -0.2) is 10.3 Å². The SMILES string of the molecule is N=Nc1ccc(-c2nc(-c3cccc(C(=O)O)c3)no2)cc1. The van der Waals surface area contributed by atoms with Gasteiger partial charge in [-0.05, 0) is 36.4 Å². The van der Waals surface area contributed by atoms with Crippen molar-refractivity contribution in [3.8, 4) is 22.8 Å². The summed E-state index contributed by atoms with van der Waals surface area (Å²) in [5.74, 6) is -0.389. The van der Waals surface area contributed by atoms with E-state index in [0.717, 1.165) is 0 Å². The Hall–Kier alpha value is -3.35. The van der Waals surface area contributed by atoms with E-state index in [1.54, 1.807) is 36.4 Å². The van der Waals surface area contributed by atoms with Gasteiger partial charge >= 0.3 is 5.97 Å². The molecule has 3 rings (SSSR count). The minimum atomic E-state index is -1.01. The summed E-state index contributed by atoms with van der Waals surface area (Å²) in [4.78, 5) is 15.2. The molecule has 0 spiro atoms. The van der Waals surface area contributed by atoms with Crippen LogP contribution in [0, 0.1) is 5.53 Å². The van der Waals surface area contributed by atoms with Gasteiger partial charge < -0.3 is 9.63 Å². The fraction of sp³-hybridized carbons (Fsp3) is 0. The molecule has 7 heteroatoms. The third-order valence-corrected chi connectivity index (χ3v) is 3.04. The topological polar surface area (TPSA) is 112 Å². The minimum absolute atomic E-state index is 0.158. The Morgan fingerprint density at radius 3 is 2.59 bits per heavy atom. The molecule has 0 saturated heterocycles. The highest BCUT2D eigenvalue weighted by Crippen LogP contribution is 2.24. The van der Waals surface area contributed by atoms with Gasteiger partial charge in [-0.1, -0.05) is 17.3 Å². The number of hydrogen-bond acceptors (Lipinski definition) is 6. The molecule has 108 valence electrons. The first-order chi connectivity index (χ1) is 10.7. The van der Waals surface area contributed by atoms with E-state index in [0.29, 0.717) is 28.5 Å². The highest BCUT2D eigenvalue weighted by atomic mass is 16.5. The predicted molar refractivity (Wildman–Crippen MR) is 76.9 cm³/mol. The fourth-order valence-electron chi connectivity index (χ4n) is 1.93. The normalized spacial score (nSPS) is 10.4. The molecule has 0 aliphatic carbocycles. The van der Waals surface area contributed by atoms with E-state index in [9.17, 15) is 4.79 Å². The quantitative estimate of drug-likeness (QED) is 0.711. The second kappa shape index (κ2) is 5.57. The molecule has 2 aromatic carbocycles. The van der Waals surface area contributed by atoms with Gasteiger partial charge in [0.05, 0.1) is 11.3 Å². The number of hydrogen-bond donors (Lipinski definition) is 2. The molecular weight excluding hydrogens is 284 g/mol. The molecule has 0 atom stereocenters. The van der Waals surface area contributed by atoms with Crippen LogP contribution in [0.5, 0.6) is 0 Å². The molecule has 7 nitrogen and oxygen atoms in total. The lowest BCUT2D eigenvalue weighted by Crippen LogP contribution is -1.96. The van der Waals surface area contributed by atoms with Crippen LogP contribution in [0.4, 0.5) is 5.69 Å². The molecule has 0 fully saturated rings. The summed E-state index contributed by atoms with van der Waals surface area (Å²) in [6.45, 7) is 0. The molecule has 0 amide bonds. The first kappa shape index (κ1) is 13.6. The van der Waals surface area contributed by atoms with Crippen molar-refractivity contribution in [2.24, 2.45) is 5.11 Å². The highest BCUT2D eigenvalue weighted by Gasteiger charge is 2.12. The minimum Gasteiger partial charge on any atom is -0.478 e. The third kappa shape index (κ3) is 2.59. The summed E-state index contributed by atoms with van der Waals surface area (Å²) >= 11 is 0. The maximum atomic E-state index is 11.0. The summed E-state index contributed by atoms with van der Waals surface area (Å²) in [6, 6.07) is 13.1. The van der Waals surface area contributed by atoms with E-state index in [1.807, 2.05) is 0 Å². The summed E-state index contributed by atoms with van der Waals surface area (Å²) in [7, 11) is 0. The van der Waals surface area contributed by atoms with Crippen molar-refractivity contribution in [3.63, 3.8) is 0 Å². The van der Waals surface area contributed by atoms with Crippen molar-refractivity contribution in [1.29, 1.82) is 5.53 Å². The third-order valence-electron chi connectivity index (χ3n) is 3.04. The lowest BCUT2D eigenvalue weighted by molar-refractivity contribution is 0.0697. The van der Waals surface area contributed by atoms with Crippen LogP contribution in [0.15, 0.2) is 58.2 Å². The molecule has 0 radical (unpaired) electrons. The number of nitrogens with zero attached hydrogens (tertiary/aromatic N) is 3. The molecule has 0 saturated carbocycles. The van der Waals surface area contributed by atoms with Gasteiger partial charge in [0.2, 0.25) is 5.82 Å². The number of rotatable bonds is 4. The van der Waals surface area contributed by atoms with Crippen LogP contribution >= 0.6 is 0 Å². The van der Waals surface area contributed by atoms with Crippen LogP contribution < -0.4 is 0 Å². The number of nitrogens with one attached hydrogen (secondary N) is 1. The molecule has 0 aliphatic rings. The van der Waals surface area contributed by atoms with Crippen LogP contribution in [0.1, 0.15) is 10.4 Å². The van der Waals surface area contributed by atoms with Crippen molar-refractivity contribution in [2.75, 3.05) is 0 Å². The van der Waals surface area contributed by atoms with Crippen molar-refractivity contribution in [2.45, 2.75) is 0 Å². The monoisotopic (exact) mass is 294 g/mol. The van der Waals surface area contributed by atoms with Gasteiger partial charge in [0.15, 0.2) is 0 Å². The highest BCUT2D eigenvalue weighted by molar-refractivity contribution is 5.89. The van der Waals surface area contributed by atoms with E-state index in [1.165, 1.54) is 12.1 Å². The van der Waals surface area contributed by atoms with Gasteiger partial charge in [0, 0.05) is 11.1 Å². The molecule has 22 heavy (non-hydrogen) atoms. The lowest BCUT2D eigenvalue weighted by atomic mass is 10.1. The number of aromatic carboxylic acids is 1. The summed E-state index contributed by atoms with van der Waals surface area (Å²) in [5.41, 5.74) is 8.86. The summed E-state index contributed by atoms with van der Waals surface area (Å²) < 4.78 is 5.19. The smallest absolute Gasteiger partial charge is 0.335 e. The number of aromatic nitrogens is 2. The van der Waals surface area contributed by atoms with Crippen LogP contribution in [0.2, 0.25) is 0 Å². The Bertz CT molecular complexity index is 840. The van der Waals surface area contributed by atoms with Crippen LogP contribution in [0.25, 0.3) is 22.8 Å². The van der Waals surface area contributed by atoms with Gasteiger partial charge in [0.25, 0.3) is 5.89 Å². The molecule has 0 aliphatic heterocycles. The zero-order valence-corrected chi connectivity index (χ0v) is 11.2. The molecule has 2 N–H and O–H groups in total. The van der Waals surface area contributed by atoms with Crippen molar-refractivity contribution >= 4 is 11.7 Å². The standard InChI is InChI=1S/C15H10N4O3/c16-18-12-6-4-9(5-7-12)14-17-13(19-22-14)10-2-1-3-11(8-10)15(20)21/h1-8,16H,(H,20,21). The van der Waals surface area contributed by atoms with E-state index in [4.69, 9.17) is 15.2 Å². The molecule has 1 heterocycles. The maximum Gasteiger partial charge on any atom is 0.335 e. The number of carboxylic acid groups (broad SMARTS) is 1. The van der Waals surface area contributed by atoms with E-state index < -0.39 is 5.97 Å². The van der Waals surface area contributed by atoms with Gasteiger partial charge in [0.1, 0.15) is 0 Å². The Kier molecular flexibility index (Phi) is 3.45. The van der Waals surface area contributed by atoms with E-state index in [-0.39, 0.29) is 5.56 Å². The molecular formula is C15H10N4O3. The van der Waals surface area contributed by atoms with Crippen LogP contribution in [-0.4, -0.2) is 21.2 Å². The second-order valence-electron chi connectivity index (χ2n) is 4.47. The maximum absolute atomic E-state index is 11.0. The Morgan fingerprint density at radius 1 is 1.14 bits per heavy atom. The Morgan fingerprint density at radius 2 is 1.91 bits per heavy atom. The van der Waals surface area contributed by atoms with Gasteiger partial charge in [-0.2, -0.15) is 10.1 Å². The number of benzene rings is 2. The van der Waals surface area contributed by atoms with Crippen molar-refractivity contribution in [1.82, 2.24) is 10.1 Å². The van der Waals surface area contributed by atoms with Crippen LogP contribution in [-0.2, 0) is 0 Å². The predicted octanol–water partition coefficient (Wildman–Crippen LogP) is 3.76. The zero-order valence-electron chi connectivity index (χ0n) is 11.2. The van der Waals surface area contributed by atoms with Crippen molar-refractivity contribution in [3.05, 3.63) is 54.1 Å². The number of carboxylic acids is 1. The summed E-state index contributed by atoms with van der Waals surface area (Å²) in [6.07, 6.45) is 0. The van der Waals surface area contributed by atoms with Crippen LogP contribution in [0.3, 0.4) is 0 Å². The van der Waals surface area contributed by atoms with Gasteiger partial charge in [-0.15, -0.1) is 0 Å². The molecule has 3 aromatic rings. The average Bonchev–Trinajstić information content (AvgIpc) is 3.05. The largest absolute Gasteiger partial charge is 0.478 e. The number of carbonyl (C=O) groups is 1. The molecule has 0 unspecified atom stereocenters. The Labute approximate surface area is 124 Å². The fourth-order valence-corrected chi connectivity index (χ4v) is 1.93. The first-order valence-corrected chi connectivity index (χ1v) is 6.33. The Balaban J connectivity index is 1.94. The van der Waals surface area contributed by atoms with E-state index in [2.05, 4.69) is 15.3 Å². The van der Waals surface area contributed by atoms with Crippen molar-refractivity contribution < 1.29 is 14.4 Å². The first-order valence-electron chi connectivity index (χ1n) is 6.33.